The number of thiocarbonyl (C=S) groups is 1. The smallest absolute Gasteiger partial charge is 0.240 e. The molecule has 1 saturated carbocycles. The van der Waals surface area contributed by atoms with Crippen LogP contribution in [0.3, 0.4) is 0 Å². The molecule has 1 unspecified atom stereocenters. The van der Waals surface area contributed by atoms with Crippen LogP contribution in [0.15, 0.2) is 29.2 Å². The summed E-state index contributed by atoms with van der Waals surface area (Å²) < 4.78 is 27.6. The van der Waals surface area contributed by atoms with Crippen molar-refractivity contribution >= 4 is 27.2 Å². The van der Waals surface area contributed by atoms with Crippen LogP contribution in [0.1, 0.15) is 44.6 Å². The molecule has 6 heteroatoms. The molecule has 0 heterocycles. The van der Waals surface area contributed by atoms with Crippen LogP contribution >= 0.6 is 12.2 Å². The predicted octanol–water partition coefficient (Wildman–Crippen LogP) is 2.57. The third-order valence-corrected chi connectivity index (χ3v) is 5.96. The minimum Gasteiger partial charge on any atom is -0.389 e. The van der Waals surface area contributed by atoms with E-state index < -0.39 is 10.0 Å². The summed E-state index contributed by atoms with van der Waals surface area (Å²) in [4.78, 5) is 0.521. The molecule has 0 saturated heterocycles. The van der Waals surface area contributed by atoms with Gasteiger partial charge in [0.25, 0.3) is 0 Å². The first-order valence-electron chi connectivity index (χ1n) is 7.32. The molecule has 21 heavy (non-hydrogen) atoms. The van der Waals surface area contributed by atoms with Gasteiger partial charge in [0, 0.05) is 11.6 Å². The van der Waals surface area contributed by atoms with Crippen LogP contribution in [0.4, 0.5) is 0 Å². The van der Waals surface area contributed by atoms with Crippen LogP contribution in [-0.2, 0) is 10.0 Å². The summed E-state index contributed by atoms with van der Waals surface area (Å²) in [7, 11) is -3.49. The Labute approximate surface area is 132 Å². The topological polar surface area (TPSA) is 72.2 Å². The molecule has 0 amide bonds. The Bertz CT molecular complexity index is 591. The fourth-order valence-electron chi connectivity index (χ4n) is 2.84. The molecule has 1 aliphatic rings. The van der Waals surface area contributed by atoms with E-state index in [0.717, 1.165) is 12.8 Å². The molecule has 2 rings (SSSR count). The first-order chi connectivity index (χ1) is 9.90. The van der Waals surface area contributed by atoms with Gasteiger partial charge in [0.1, 0.15) is 4.99 Å². The van der Waals surface area contributed by atoms with Gasteiger partial charge in [-0.2, -0.15) is 0 Å². The summed E-state index contributed by atoms with van der Waals surface area (Å²) in [5.41, 5.74) is 6.19. The van der Waals surface area contributed by atoms with Crippen LogP contribution in [-0.4, -0.2) is 19.4 Å². The normalized spacial score (nSPS) is 18.3. The van der Waals surface area contributed by atoms with E-state index in [1.165, 1.54) is 19.3 Å². The largest absolute Gasteiger partial charge is 0.389 e. The molecule has 1 aromatic carbocycles. The van der Waals surface area contributed by atoms with Crippen LogP contribution in [0.5, 0.6) is 0 Å². The highest BCUT2D eigenvalue weighted by Crippen LogP contribution is 2.27. The lowest BCUT2D eigenvalue weighted by atomic mass is 9.85. The van der Waals surface area contributed by atoms with Gasteiger partial charge in [-0.25, -0.2) is 13.1 Å². The quantitative estimate of drug-likeness (QED) is 0.816. The van der Waals surface area contributed by atoms with Gasteiger partial charge >= 0.3 is 0 Å². The maximum Gasteiger partial charge on any atom is 0.240 e. The number of hydrogen-bond donors (Lipinski definition) is 2. The van der Waals surface area contributed by atoms with E-state index in [9.17, 15) is 8.42 Å². The zero-order valence-corrected chi connectivity index (χ0v) is 13.8. The Morgan fingerprint density at radius 3 is 2.33 bits per heavy atom. The van der Waals surface area contributed by atoms with Gasteiger partial charge in [0.05, 0.1) is 4.90 Å². The fraction of sp³-hybridized carbons (Fsp3) is 0.533. The molecule has 4 nitrogen and oxygen atoms in total. The molecule has 116 valence electrons. The fourth-order valence-corrected chi connectivity index (χ4v) is 4.29. The van der Waals surface area contributed by atoms with Crippen molar-refractivity contribution in [3.05, 3.63) is 29.8 Å². The first-order valence-corrected chi connectivity index (χ1v) is 9.21. The maximum absolute atomic E-state index is 12.4. The molecular weight excluding hydrogens is 304 g/mol. The second-order valence-electron chi connectivity index (χ2n) is 5.70. The Hall–Kier alpha value is -0.980. The lowest BCUT2D eigenvalue weighted by molar-refractivity contribution is 0.303. The van der Waals surface area contributed by atoms with Crippen molar-refractivity contribution in [2.45, 2.75) is 50.0 Å². The molecule has 1 aliphatic carbocycles. The van der Waals surface area contributed by atoms with Crippen molar-refractivity contribution in [3.8, 4) is 0 Å². The van der Waals surface area contributed by atoms with Gasteiger partial charge in [-0.05, 0) is 37.8 Å². The average Bonchev–Trinajstić information content (AvgIpc) is 2.48. The monoisotopic (exact) mass is 326 g/mol. The highest BCUT2D eigenvalue weighted by Gasteiger charge is 2.25. The molecule has 0 aliphatic heterocycles. The van der Waals surface area contributed by atoms with E-state index in [4.69, 9.17) is 18.0 Å². The highest BCUT2D eigenvalue weighted by atomic mass is 32.2. The van der Waals surface area contributed by atoms with Gasteiger partial charge in [-0.1, -0.05) is 43.6 Å². The predicted molar refractivity (Wildman–Crippen MR) is 88.7 cm³/mol. The Balaban J connectivity index is 2.08. The summed E-state index contributed by atoms with van der Waals surface area (Å²) in [6.45, 7) is 1.96. The summed E-state index contributed by atoms with van der Waals surface area (Å²) in [5.74, 6) is 0.435. The molecule has 3 N–H and O–H groups in total. The summed E-state index contributed by atoms with van der Waals surface area (Å²) in [5, 5.41) is 0. The van der Waals surface area contributed by atoms with Crippen LogP contribution < -0.4 is 10.5 Å². The highest BCUT2D eigenvalue weighted by molar-refractivity contribution is 7.89. The van der Waals surface area contributed by atoms with E-state index in [1.54, 1.807) is 24.3 Å². The van der Waals surface area contributed by atoms with Crippen molar-refractivity contribution in [2.75, 3.05) is 0 Å². The molecule has 0 spiro atoms. The van der Waals surface area contributed by atoms with Crippen LogP contribution in [0, 0.1) is 5.92 Å². The van der Waals surface area contributed by atoms with E-state index in [-0.39, 0.29) is 15.9 Å². The number of rotatable bonds is 5. The van der Waals surface area contributed by atoms with Crippen LogP contribution in [0.25, 0.3) is 0 Å². The number of sulfonamides is 1. The van der Waals surface area contributed by atoms with Crippen molar-refractivity contribution in [1.82, 2.24) is 4.72 Å². The van der Waals surface area contributed by atoms with Gasteiger partial charge < -0.3 is 5.73 Å². The van der Waals surface area contributed by atoms with E-state index in [0.29, 0.717) is 11.5 Å². The Kier molecular flexibility index (Phi) is 5.35. The zero-order chi connectivity index (χ0) is 15.5. The van der Waals surface area contributed by atoms with Crippen molar-refractivity contribution in [2.24, 2.45) is 11.7 Å². The van der Waals surface area contributed by atoms with Gasteiger partial charge in [0.15, 0.2) is 0 Å². The first kappa shape index (κ1) is 16.4. The second-order valence-corrected chi connectivity index (χ2v) is 7.85. The number of benzene rings is 1. The minimum atomic E-state index is -3.49. The average molecular weight is 326 g/mol. The Morgan fingerprint density at radius 2 is 1.81 bits per heavy atom. The molecule has 0 radical (unpaired) electrons. The van der Waals surface area contributed by atoms with E-state index >= 15 is 0 Å². The molecule has 0 aromatic heterocycles. The number of nitrogens with two attached hydrogens (primary N) is 1. The summed E-state index contributed by atoms with van der Waals surface area (Å²) >= 11 is 4.87. The molecule has 0 bridgehead atoms. The second kappa shape index (κ2) is 6.85. The van der Waals surface area contributed by atoms with Gasteiger partial charge in [-0.3, -0.25) is 0 Å². The Morgan fingerprint density at radius 1 is 1.24 bits per heavy atom. The van der Waals surface area contributed by atoms with Crippen LogP contribution in [0.2, 0.25) is 0 Å². The number of nitrogens with one attached hydrogen (secondary N) is 1. The molecule has 1 atom stereocenters. The lowest BCUT2D eigenvalue weighted by Crippen LogP contribution is -2.38. The minimum absolute atomic E-state index is 0.0365. The maximum atomic E-state index is 12.4. The zero-order valence-electron chi connectivity index (χ0n) is 12.2. The molecular formula is C15H22N2O2S2. The van der Waals surface area contributed by atoms with Crippen molar-refractivity contribution < 1.29 is 8.42 Å². The third-order valence-electron chi connectivity index (χ3n) is 4.15. The summed E-state index contributed by atoms with van der Waals surface area (Å²) in [6, 6.07) is 6.34. The van der Waals surface area contributed by atoms with Crippen molar-refractivity contribution in [3.63, 3.8) is 0 Å². The van der Waals surface area contributed by atoms with E-state index in [2.05, 4.69) is 4.72 Å². The molecule has 1 fully saturated rings. The van der Waals surface area contributed by atoms with E-state index in [1.807, 2.05) is 6.92 Å². The number of hydrogen-bond acceptors (Lipinski definition) is 3. The standard InChI is InChI=1S/C15H22N2O2S2/c1-11(12-5-3-2-4-6-12)17-21(18,19)14-9-7-13(8-10-14)15(16)20/h7-12,17H,2-6H2,1H3,(H2,16,20). The summed E-state index contributed by atoms with van der Waals surface area (Å²) in [6.07, 6.45) is 5.85. The third kappa shape index (κ3) is 4.25. The lowest BCUT2D eigenvalue weighted by Gasteiger charge is -2.28. The molecule has 1 aromatic rings. The van der Waals surface area contributed by atoms with Gasteiger partial charge in [-0.15, -0.1) is 0 Å². The van der Waals surface area contributed by atoms with Gasteiger partial charge in [0.2, 0.25) is 10.0 Å². The van der Waals surface area contributed by atoms with Crippen molar-refractivity contribution in [1.29, 1.82) is 0 Å². The SMILES string of the molecule is CC(NS(=O)(=O)c1ccc(C(N)=S)cc1)C1CCCCC1.